The minimum Gasteiger partial charge on any atom is -0.491 e. The fraction of sp³-hybridized carbons (Fsp3) is 0.500. The van der Waals surface area contributed by atoms with Crippen molar-refractivity contribution in [3.63, 3.8) is 0 Å². The first-order valence-electron chi connectivity index (χ1n) is 8.16. The van der Waals surface area contributed by atoms with Gasteiger partial charge in [-0.15, -0.1) is 0 Å². The molecule has 1 fully saturated rings. The minimum absolute atomic E-state index is 0.358. The van der Waals surface area contributed by atoms with E-state index in [2.05, 4.69) is 16.2 Å². The zero-order valence-electron chi connectivity index (χ0n) is 13.9. The van der Waals surface area contributed by atoms with Crippen molar-refractivity contribution in [3.05, 3.63) is 47.8 Å². The quantitative estimate of drug-likeness (QED) is 0.918. The van der Waals surface area contributed by atoms with E-state index in [1.54, 1.807) is 0 Å². The number of rotatable bonds is 5. The number of aromatic nitrogens is 2. The molecule has 1 aliphatic heterocycles. The molecule has 1 N–H and O–H groups in total. The van der Waals surface area contributed by atoms with E-state index < -0.39 is 5.60 Å². The predicted octanol–water partition coefficient (Wildman–Crippen LogP) is 2.13. The summed E-state index contributed by atoms with van der Waals surface area (Å²) in [6, 6.07) is 9.68. The highest BCUT2D eigenvalue weighted by atomic mass is 16.5. The molecule has 0 spiro atoms. The zero-order chi connectivity index (χ0) is 16.3. The molecule has 5 nitrogen and oxygen atoms in total. The van der Waals surface area contributed by atoms with Crippen LogP contribution in [-0.4, -0.2) is 45.1 Å². The maximum Gasteiger partial charge on any atom is 0.119 e. The van der Waals surface area contributed by atoms with Gasteiger partial charge in [-0.2, -0.15) is 5.10 Å². The first kappa shape index (κ1) is 16.0. The van der Waals surface area contributed by atoms with Gasteiger partial charge in [0.1, 0.15) is 18.0 Å². The van der Waals surface area contributed by atoms with Gasteiger partial charge in [-0.3, -0.25) is 9.58 Å². The van der Waals surface area contributed by atoms with Crippen molar-refractivity contribution in [2.24, 2.45) is 7.05 Å². The number of piperidine rings is 1. The highest BCUT2D eigenvalue weighted by Gasteiger charge is 2.33. The Morgan fingerprint density at radius 2 is 1.91 bits per heavy atom. The number of aryl methyl sites for hydroxylation is 2. The molecule has 0 saturated carbocycles. The van der Waals surface area contributed by atoms with Crippen LogP contribution in [0, 0.1) is 6.92 Å². The van der Waals surface area contributed by atoms with E-state index in [4.69, 9.17) is 4.74 Å². The van der Waals surface area contributed by atoms with Gasteiger partial charge in [-0.25, -0.2) is 0 Å². The lowest BCUT2D eigenvalue weighted by molar-refractivity contribution is -0.0537. The summed E-state index contributed by atoms with van der Waals surface area (Å²) in [4.78, 5) is 2.38. The molecule has 5 heteroatoms. The summed E-state index contributed by atoms with van der Waals surface area (Å²) in [7, 11) is 1.95. The van der Waals surface area contributed by atoms with Gasteiger partial charge in [0, 0.05) is 38.4 Å². The summed E-state index contributed by atoms with van der Waals surface area (Å²) in [5.74, 6) is 0.814. The van der Waals surface area contributed by atoms with Gasteiger partial charge in [0.25, 0.3) is 0 Å². The van der Waals surface area contributed by atoms with Gasteiger partial charge in [0.2, 0.25) is 0 Å². The van der Waals surface area contributed by atoms with E-state index >= 15 is 0 Å². The van der Waals surface area contributed by atoms with Crippen LogP contribution in [0.5, 0.6) is 5.75 Å². The van der Waals surface area contributed by atoms with Crippen molar-refractivity contribution < 1.29 is 9.84 Å². The average Bonchev–Trinajstić information content (AvgIpc) is 2.87. The molecule has 0 atom stereocenters. The zero-order valence-corrected chi connectivity index (χ0v) is 13.9. The van der Waals surface area contributed by atoms with Gasteiger partial charge in [0.05, 0.1) is 5.69 Å². The van der Waals surface area contributed by atoms with Crippen molar-refractivity contribution in [2.45, 2.75) is 31.9 Å². The molecule has 2 aromatic rings. The number of hydrogen-bond acceptors (Lipinski definition) is 4. The first-order chi connectivity index (χ1) is 11.0. The lowest BCUT2D eigenvalue weighted by Gasteiger charge is -2.37. The molecular weight excluding hydrogens is 290 g/mol. The molecule has 0 bridgehead atoms. The number of aliphatic hydroxyl groups is 1. The van der Waals surface area contributed by atoms with Crippen LogP contribution in [0.2, 0.25) is 0 Å². The first-order valence-corrected chi connectivity index (χ1v) is 8.16. The summed E-state index contributed by atoms with van der Waals surface area (Å²) in [5, 5.41) is 15.1. The largest absolute Gasteiger partial charge is 0.491 e. The fourth-order valence-corrected chi connectivity index (χ4v) is 3.05. The molecule has 0 unspecified atom stereocenters. The second-order valence-electron chi connectivity index (χ2n) is 6.52. The molecule has 0 amide bonds. The molecule has 23 heavy (non-hydrogen) atoms. The normalized spacial score (nSPS) is 18.0. The van der Waals surface area contributed by atoms with E-state index in [0.717, 1.165) is 43.9 Å². The Morgan fingerprint density at radius 3 is 2.52 bits per heavy atom. The number of likely N-dealkylation sites (tertiary alicyclic amines) is 1. The van der Waals surface area contributed by atoms with Crippen molar-refractivity contribution >= 4 is 0 Å². The summed E-state index contributed by atoms with van der Waals surface area (Å²) in [5.41, 5.74) is 1.62. The number of benzene rings is 1. The molecule has 2 heterocycles. The Labute approximate surface area is 137 Å². The Kier molecular flexibility index (Phi) is 4.68. The molecule has 1 aromatic heterocycles. The molecular formula is C18H25N3O2. The van der Waals surface area contributed by atoms with Crippen LogP contribution in [0.15, 0.2) is 36.5 Å². The second-order valence-corrected chi connectivity index (χ2v) is 6.52. The van der Waals surface area contributed by atoms with Crippen molar-refractivity contribution in [2.75, 3.05) is 19.7 Å². The van der Waals surface area contributed by atoms with Gasteiger partial charge in [-0.1, -0.05) is 18.2 Å². The van der Waals surface area contributed by atoms with E-state index in [1.807, 2.05) is 49.0 Å². The highest BCUT2D eigenvalue weighted by molar-refractivity contribution is 5.21. The summed E-state index contributed by atoms with van der Waals surface area (Å²) >= 11 is 0. The van der Waals surface area contributed by atoms with Gasteiger partial charge in [-0.05, 0) is 31.9 Å². The van der Waals surface area contributed by atoms with E-state index in [9.17, 15) is 5.11 Å². The Hall–Kier alpha value is -1.85. The van der Waals surface area contributed by atoms with Crippen molar-refractivity contribution in [3.8, 4) is 5.75 Å². The molecule has 1 saturated heterocycles. The smallest absolute Gasteiger partial charge is 0.119 e. The monoisotopic (exact) mass is 315 g/mol. The molecule has 124 valence electrons. The number of para-hydroxylation sites is 1. The van der Waals surface area contributed by atoms with E-state index in [1.165, 1.54) is 5.56 Å². The van der Waals surface area contributed by atoms with E-state index in [0.29, 0.717) is 6.61 Å². The van der Waals surface area contributed by atoms with Crippen LogP contribution in [0.4, 0.5) is 0 Å². The lowest BCUT2D eigenvalue weighted by atomic mass is 9.92. The van der Waals surface area contributed by atoms with Crippen LogP contribution in [-0.2, 0) is 13.6 Å². The van der Waals surface area contributed by atoms with Gasteiger partial charge >= 0.3 is 0 Å². The van der Waals surface area contributed by atoms with E-state index in [-0.39, 0.29) is 0 Å². The van der Waals surface area contributed by atoms with Crippen molar-refractivity contribution in [1.82, 2.24) is 14.7 Å². The molecule has 1 aromatic carbocycles. The fourth-order valence-electron chi connectivity index (χ4n) is 3.05. The molecule has 0 aliphatic carbocycles. The third kappa shape index (κ3) is 4.12. The molecule has 3 rings (SSSR count). The summed E-state index contributed by atoms with van der Waals surface area (Å²) in [6.45, 7) is 5.06. The SMILES string of the molecule is Cc1nn(C)cc1CN1CCC(O)(COc2ccccc2)CC1. The summed E-state index contributed by atoms with van der Waals surface area (Å²) < 4.78 is 7.60. The third-order valence-corrected chi connectivity index (χ3v) is 4.55. The Bertz CT molecular complexity index is 631. The topological polar surface area (TPSA) is 50.5 Å². The average molecular weight is 315 g/mol. The third-order valence-electron chi connectivity index (χ3n) is 4.55. The van der Waals surface area contributed by atoms with Crippen LogP contribution < -0.4 is 4.74 Å². The standard InChI is InChI=1S/C18H25N3O2/c1-15-16(12-20(2)19-15)13-21-10-8-18(22,9-11-21)14-23-17-6-4-3-5-7-17/h3-7,12,22H,8-11,13-14H2,1-2H3. The van der Waals surface area contributed by atoms with Crippen LogP contribution in [0.3, 0.4) is 0 Å². The second kappa shape index (κ2) is 6.72. The summed E-state index contributed by atoms with van der Waals surface area (Å²) in [6.07, 6.45) is 3.55. The lowest BCUT2D eigenvalue weighted by Crippen LogP contribution is -2.47. The molecule has 1 aliphatic rings. The van der Waals surface area contributed by atoms with Gasteiger partial charge in [0.15, 0.2) is 0 Å². The maximum atomic E-state index is 10.7. The number of nitrogens with zero attached hydrogens (tertiary/aromatic N) is 3. The predicted molar refractivity (Wildman–Crippen MR) is 89.3 cm³/mol. The maximum absolute atomic E-state index is 10.7. The Balaban J connectivity index is 1.50. The number of ether oxygens (including phenoxy) is 1. The molecule has 0 radical (unpaired) electrons. The minimum atomic E-state index is -0.726. The Morgan fingerprint density at radius 1 is 1.22 bits per heavy atom. The highest BCUT2D eigenvalue weighted by Crippen LogP contribution is 2.25. The number of hydrogen-bond donors (Lipinski definition) is 1. The van der Waals surface area contributed by atoms with Crippen LogP contribution in [0.1, 0.15) is 24.1 Å². The van der Waals surface area contributed by atoms with Crippen LogP contribution in [0.25, 0.3) is 0 Å². The van der Waals surface area contributed by atoms with Gasteiger partial charge < -0.3 is 9.84 Å². The van der Waals surface area contributed by atoms with Crippen LogP contribution >= 0.6 is 0 Å². The van der Waals surface area contributed by atoms with Crippen molar-refractivity contribution in [1.29, 1.82) is 0 Å².